The predicted molar refractivity (Wildman–Crippen MR) is 14.6 cm³/mol. The van der Waals surface area contributed by atoms with Crippen molar-refractivity contribution in [2.75, 3.05) is 0 Å². The van der Waals surface area contributed by atoms with E-state index in [1.54, 1.807) is 0 Å². The Hall–Kier alpha value is 2.45. The molecule has 0 aliphatic rings. The van der Waals surface area contributed by atoms with Crippen molar-refractivity contribution in [1.82, 2.24) is 0 Å². The minimum atomic E-state index is -4.61. The molecule has 0 rings (SSSR count). The summed E-state index contributed by atoms with van der Waals surface area (Å²) in [5.74, 6) is 0. The first-order valence-electron chi connectivity index (χ1n) is 0.894. The van der Waals surface area contributed by atoms with Crippen molar-refractivity contribution < 1.29 is 91.9 Å². The zero-order valence-corrected chi connectivity index (χ0v) is 7.65. The van der Waals surface area contributed by atoms with E-state index in [0.29, 0.717) is 0 Å². The van der Waals surface area contributed by atoms with E-state index < -0.39 is 9.05 Å². The minimum absolute atomic E-state index is 0. The van der Waals surface area contributed by atoms with Gasteiger partial charge in [0, 0.05) is 72.8 Å². The first kappa shape index (κ1) is 16.2. The average Bonchev–Trinajstić information content (AvgIpc) is 0.722. The maximum atomic E-state index is 7.33. The molecule has 0 aromatic rings. The average molecular weight is 314 g/mol. The predicted octanol–water partition coefficient (Wildman–Crippen LogP) is -2.61. The molecule has 0 aromatic carbocycles. The molecule has 0 saturated heterocycles. The normalized spacial score (nSPS) is 8.57. The van der Waals surface area contributed by atoms with Gasteiger partial charge in [0.25, 0.3) is 0 Å². The molecular weight excluding hydrogens is 310 g/mol. The van der Waals surface area contributed by atoms with Crippen molar-refractivity contribution in [3.8, 4) is 0 Å². The molecule has 7 heavy (non-hydrogen) atoms. The van der Waals surface area contributed by atoms with Crippen LogP contribution in [-0.2, 0) is 25.8 Å². The maximum absolute atomic E-state index is 7.33. The van der Waals surface area contributed by atoms with Crippen LogP contribution in [0, 0.1) is 46.9 Å². The van der Waals surface area contributed by atoms with Crippen LogP contribution in [0.2, 0.25) is 0 Å². The molecule has 0 spiro atoms. The van der Waals surface area contributed by atoms with Gasteiger partial charge < -0.3 is 19.2 Å². The smallest absolute Gasteiger partial charge is 0.368 e. The van der Waals surface area contributed by atoms with E-state index in [-0.39, 0.29) is 72.8 Å². The number of rotatable bonds is 0. The molecule has 4 N–H and O–H groups in total. The van der Waals surface area contributed by atoms with Gasteiger partial charge in [0.05, 0.1) is 0 Å². The fraction of sp³-hybridized carbons (Fsp3) is 0. The van der Waals surface area contributed by atoms with Crippen LogP contribution in [0.25, 0.3) is 0 Å². The first-order chi connectivity index (χ1) is 2.00. The molecule has 0 saturated carbocycles. The molecule has 7 heteroatoms. The molecule has 0 heterocycles. The summed E-state index contributed by atoms with van der Waals surface area (Å²) in [5, 5.41) is 0. The summed E-state index contributed by atoms with van der Waals surface area (Å²) in [6, 6.07) is 0. The second kappa shape index (κ2) is 6.56. The Morgan fingerprint density at radius 1 is 0.857 bits per heavy atom. The summed E-state index contributed by atoms with van der Waals surface area (Å²) < 4.78 is 0. The van der Waals surface area contributed by atoms with E-state index in [1.807, 2.05) is 0 Å². The monoisotopic (exact) mass is 315 g/mol. The van der Waals surface area contributed by atoms with Crippen LogP contribution >= 0.6 is 0 Å². The molecule has 49 valence electrons. The van der Waals surface area contributed by atoms with E-state index in [9.17, 15) is 0 Å². The standard InChI is InChI=1S/H4O4Si.Sc.Yb/c1-5(2,3)4;;/h1-4H;;. The van der Waals surface area contributed by atoms with Gasteiger partial charge in [0.15, 0.2) is 0 Å². The Labute approximate surface area is 99.1 Å². The SMILES string of the molecule is O[Si](O)(O)O.[Sc].[Yb]. The van der Waals surface area contributed by atoms with Crippen LogP contribution in [0.4, 0.5) is 0 Å². The summed E-state index contributed by atoms with van der Waals surface area (Å²) in [7, 11) is -4.61. The van der Waals surface area contributed by atoms with Crippen LogP contribution in [0.5, 0.6) is 0 Å². The van der Waals surface area contributed by atoms with E-state index in [1.165, 1.54) is 0 Å². The molecule has 1 radical (unpaired) electrons. The molecule has 4 nitrogen and oxygen atoms in total. The van der Waals surface area contributed by atoms with Crippen LogP contribution in [0.3, 0.4) is 0 Å². The Morgan fingerprint density at radius 3 is 0.857 bits per heavy atom. The molecule has 0 atom stereocenters. The summed E-state index contributed by atoms with van der Waals surface area (Å²) in [6.45, 7) is 0. The van der Waals surface area contributed by atoms with Gasteiger partial charge in [-0.2, -0.15) is 0 Å². The molecular formula is H4O4ScSiYb. The molecule has 0 aliphatic heterocycles. The molecule has 0 aromatic heterocycles. The van der Waals surface area contributed by atoms with Gasteiger partial charge in [0.1, 0.15) is 0 Å². The Balaban J connectivity index is -0.0000000800. The van der Waals surface area contributed by atoms with Gasteiger partial charge in [0.2, 0.25) is 0 Å². The van der Waals surface area contributed by atoms with Crippen molar-refractivity contribution in [3.05, 3.63) is 0 Å². The van der Waals surface area contributed by atoms with Crippen molar-refractivity contribution in [3.63, 3.8) is 0 Å². The van der Waals surface area contributed by atoms with Gasteiger partial charge in [-0.15, -0.1) is 0 Å². The van der Waals surface area contributed by atoms with Gasteiger partial charge in [-0.05, 0) is 0 Å². The topological polar surface area (TPSA) is 80.9 Å². The van der Waals surface area contributed by atoms with Crippen LogP contribution in [-0.4, -0.2) is 28.2 Å². The zero-order chi connectivity index (χ0) is 4.50. The first-order valence-corrected chi connectivity index (χ1v) is 2.68. The van der Waals surface area contributed by atoms with Crippen molar-refractivity contribution in [2.45, 2.75) is 0 Å². The van der Waals surface area contributed by atoms with E-state index in [4.69, 9.17) is 19.2 Å². The van der Waals surface area contributed by atoms with E-state index in [2.05, 4.69) is 0 Å². The van der Waals surface area contributed by atoms with Crippen molar-refractivity contribution in [1.29, 1.82) is 0 Å². The Bertz CT molecular complexity index is 27.2. The summed E-state index contributed by atoms with van der Waals surface area (Å²) in [6.07, 6.45) is 0. The maximum Gasteiger partial charge on any atom is 0.668 e. The number of hydrogen-bond donors (Lipinski definition) is 4. The quantitative estimate of drug-likeness (QED) is 0.369. The Morgan fingerprint density at radius 2 is 0.857 bits per heavy atom. The van der Waals surface area contributed by atoms with Gasteiger partial charge in [-0.25, -0.2) is 0 Å². The second-order valence-corrected chi connectivity index (χ2v) is 1.80. The van der Waals surface area contributed by atoms with E-state index >= 15 is 0 Å². The van der Waals surface area contributed by atoms with Crippen molar-refractivity contribution in [2.24, 2.45) is 0 Å². The van der Waals surface area contributed by atoms with Gasteiger partial charge >= 0.3 is 9.05 Å². The van der Waals surface area contributed by atoms with Gasteiger partial charge in [-0.1, -0.05) is 0 Å². The minimum Gasteiger partial charge on any atom is -0.368 e. The van der Waals surface area contributed by atoms with Crippen LogP contribution in [0.15, 0.2) is 0 Å². The third-order valence-corrected chi connectivity index (χ3v) is 0. The van der Waals surface area contributed by atoms with Crippen LogP contribution in [0.1, 0.15) is 0 Å². The summed E-state index contributed by atoms with van der Waals surface area (Å²) in [4.78, 5) is 29.3. The van der Waals surface area contributed by atoms with E-state index in [0.717, 1.165) is 0 Å². The summed E-state index contributed by atoms with van der Waals surface area (Å²) >= 11 is 0. The molecule has 0 amide bonds. The zero-order valence-electron chi connectivity index (χ0n) is 3.13. The third kappa shape index (κ3) is 58.6. The second-order valence-electron chi connectivity index (χ2n) is 0.600. The largest absolute Gasteiger partial charge is 0.668 e. The van der Waals surface area contributed by atoms with Crippen LogP contribution < -0.4 is 0 Å². The summed E-state index contributed by atoms with van der Waals surface area (Å²) in [5.41, 5.74) is 0. The molecule has 0 bridgehead atoms. The third-order valence-electron chi connectivity index (χ3n) is 0. The fourth-order valence-electron chi connectivity index (χ4n) is 0. The number of hydrogen-bond acceptors (Lipinski definition) is 4. The molecule has 0 aliphatic carbocycles. The molecule has 0 fully saturated rings. The van der Waals surface area contributed by atoms with Gasteiger partial charge in [-0.3, -0.25) is 0 Å². The Kier molecular flexibility index (Phi) is 15.2. The van der Waals surface area contributed by atoms with Crippen molar-refractivity contribution >= 4 is 9.05 Å². The fourth-order valence-corrected chi connectivity index (χ4v) is 0. The molecule has 0 unspecified atom stereocenters.